The molecule has 108 valence electrons. The van der Waals surface area contributed by atoms with Crippen molar-refractivity contribution in [2.75, 3.05) is 34.0 Å². The smallest absolute Gasteiger partial charge is 0.120 e. The Balaban J connectivity index is 2.38. The third kappa shape index (κ3) is 7.15. The van der Waals surface area contributed by atoms with Gasteiger partial charge in [0.1, 0.15) is 5.75 Å². The quantitative estimate of drug-likeness (QED) is 0.660. The summed E-state index contributed by atoms with van der Waals surface area (Å²) >= 11 is 0. The summed E-state index contributed by atoms with van der Waals surface area (Å²) in [6.07, 6.45) is 1.06. The molecule has 0 aliphatic carbocycles. The van der Waals surface area contributed by atoms with Crippen LogP contribution in [0.1, 0.15) is 18.9 Å². The largest absolute Gasteiger partial charge is 0.491 e. The van der Waals surface area contributed by atoms with Crippen LogP contribution in [-0.4, -0.2) is 40.1 Å². The molecule has 1 rings (SSSR count). The van der Waals surface area contributed by atoms with Crippen LogP contribution in [0.5, 0.6) is 5.75 Å². The molecule has 0 aromatic heterocycles. The minimum absolute atomic E-state index is 0.164. The van der Waals surface area contributed by atoms with Crippen molar-refractivity contribution >= 4 is 0 Å². The molecule has 1 aromatic rings. The number of rotatable bonds is 10. The first-order chi connectivity index (χ1) is 9.26. The standard InChI is InChI=1S/C15H25NO3/c1-13(7-9-17-2)19-15-6-4-5-14(11-15)12-16-8-10-18-3/h4-6,11,13,16H,7-10,12H2,1-3H3. The van der Waals surface area contributed by atoms with Gasteiger partial charge in [-0.15, -0.1) is 0 Å². The summed E-state index contributed by atoms with van der Waals surface area (Å²) in [4.78, 5) is 0. The van der Waals surface area contributed by atoms with Gasteiger partial charge in [-0.05, 0) is 24.6 Å². The fourth-order valence-corrected chi connectivity index (χ4v) is 1.71. The lowest BCUT2D eigenvalue weighted by atomic mass is 10.2. The van der Waals surface area contributed by atoms with Crippen LogP contribution in [0.4, 0.5) is 0 Å². The normalized spacial score (nSPS) is 12.4. The van der Waals surface area contributed by atoms with E-state index in [1.807, 2.05) is 12.1 Å². The molecule has 4 nitrogen and oxygen atoms in total. The molecule has 0 fully saturated rings. The van der Waals surface area contributed by atoms with Crippen molar-refractivity contribution in [2.24, 2.45) is 0 Å². The van der Waals surface area contributed by atoms with E-state index >= 15 is 0 Å². The zero-order chi connectivity index (χ0) is 13.9. The predicted octanol–water partition coefficient (Wildman–Crippen LogP) is 2.23. The fourth-order valence-electron chi connectivity index (χ4n) is 1.71. The van der Waals surface area contributed by atoms with Crippen molar-refractivity contribution < 1.29 is 14.2 Å². The van der Waals surface area contributed by atoms with E-state index in [-0.39, 0.29) is 6.10 Å². The van der Waals surface area contributed by atoms with Crippen molar-refractivity contribution in [2.45, 2.75) is 26.0 Å². The molecule has 0 radical (unpaired) electrons. The highest BCUT2D eigenvalue weighted by Crippen LogP contribution is 2.15. The zero-order valence-corrected chi connectivity index (χ0v) is 12.1. The van der Waals surface area contributed by atoms with E-state index in [2.05, 4.69) is 24.4 Å². The molecule has 4 heteroatoms. The molecule has 1 N–H and O–H groups in total. The lowest BCUT2D eigenvalue weighted by Gasteiger charge is -2.15. The van der Waals surface area contributed by atoms with Gasteiger partial charge in [-0.2, -0.15) is 0 Å². The van der Waals surface area contributed by atoms with Crippen molar-refractivity contribution in [3.63, 3.8) is 0 Å². The second-order valence-corrected chi connectivity index (χ2v) is 4.53. The van der Waals surface area contributed by atoms with Crippen LogP contribution in [0.2, 0.25) is 0 Å². The van der Waals surface area contributed by atoms with Gasteiger partial charge < -0.3 is 19.5 Å². The van der Waals surface area contributed by atoms with Crippen LogP contribution in [0, 0.1) is 0 Å². The molecular weight excluding hydrogens is 242 g/mol. The number of ether oxygens (including phenoxy) is 3. The SMILES string of the molecule is COCCNCc1cccc(OC(C)CCOC)c1. The minimum atomic E-state index is 0.164. The molecule has 0 amide bonds. The highest BCUT2D eigenvalue weighted by atomic mass is 16.5. The monoisotopic (exact) mass is 267 g/mol. The lowest BCUT2D eigenvalue weighted by Crippen LogP contribution is -2.18. The predicted molar refractivity (Wildman–Crippen MR) is 76.6 cm³/mol. The molecule has 1 unspecified atom stereocenters. The Kier molecular flexibility index (Phi) is 8.21. The highest BCUT2D eigenvalue weighted by molar-refractivity contribution is 5.28. The van der Waals surface area contributed by atoms with Gasteiger partial charge in [0.15, 0.2) is 0 Å². The highest BCUT2D eigenvalue weighted by Gasteiger charge is 2.04. The van der Waals surface area contributed by atoms with Crippen LogP contribution in [-0.2, 0) is 16.0 Å². The van der Waals surface area contributed by atoms with Crippen LogP contribution in [0.25, 0.3) is 0 Å². The number of nitrogens with one attached hydrogen (secondary N) is 1. The van der Waals surface area contributed by atoms with Gasteiger partial charge in [0.25, 0.3) is 0 Å². The van der Waals surface area contributed by atoms with Gasteiger partial charge in [0, 0.05) is 40.3 Å². The van der Waals surface area contributed by atoms with E-state index in [9.17, 15) is 0 Å². The number of benzene rings is 1. The summed E-state index contributed by atoms with van der Waals surface area (Å²) in [7, 11) is 3.41. The molecule has 1 atom stereocenters. The first-order valence-corrected chi connectivity index (χ1v) is 6.70. The third-order valence-corrected chi connectivity index (χ3v) is 2.78. The summed E-state index contributed by atoms with van der Waals surface area (Å²) in [5.74, 6) is 0.912. The Morgan fingerprint density at radius 1 is 1.16 bits per heavy atom. The first-order valence-electron chi connectivity index (χ1n) is 6.70. The summed E-state index contributed by atoms with van der Waals surface area (Å²) in [5, 5.41) is 3.32. The maximum atomic E-state index is 5.85. The maximum absolute atomic E-state index is 5.85. The van der Waals surface area contributed by atoms with Crippen molar-refractivity contribution in [1.29, 1.82) is 0 Å². The number of hydrogen-bond acceptors (Lipinski definition) is 4. The van der Waals surface area contributed by atoms with E-state index in [1.165, 1.54) is 5.56 Å². The molecule has 1 aromatic carbocycles. The molecule has 0 aliphatic rings. The van der Waals surface area contributed by atoms with E-state index in [0.29, 0.717) is 0 Å². The van der Waals surface area contributed by atoms with E-state index < -0.39 is 0 Å². The Morgan fingerprint density at radius 3 is 2.68 bits per heavy atom. The number of hydrogen-bond donors (Lipinski definition) is 1. The molecule has 19 heavy (non-hydrogen) atoms. The van der Waals surface area contributed by atoms with Gasteiger partial charge >= 0.3 is 0 Å². The second kappa shape index (κ2) is 9.78. The molecule has 0 spiro atoms. The van der Waals surface area contributed by atoms with E-state index in [1.54, 1.807) is 14.2 Å². The summed E-state index contributed by atoms with van der Waals surface area (Å²) < 4.78 is 15.9. The van der Waals surface area contributed by atoms with Crippen LogP contribution < -0.4 is 10.1 Å². The van der Waals surface area contributed by atoms with Gasteiger partial charge in [0.05, 0.1) is 12.7 Å². The molecule has 0 saturated heterocycles. The maximum Gasteiger partial charge on any atom is 0.120 e. The Morgan fingerprint density at radius 2 is 1.95 bits per heavy atom. The average Bonchev–Trinajstić information content (AvgIpc) is 2.42. The number of methoxy groups -OCH3 is 2. The second-order valence-electron chi connectivity index (χ2n) is 4.53. The zero-order valence-electron chi connectivity index (χ0n) is 12.1. The van der Waals surface area contributed by atoms with Crippen molar-refractivity contribution in [3.05, 3.63) is 29.8 Å². The van der Waals surface area contributed by atoms with Crippen LogP contribution >= 0.6 is 0 Å². The average molecular weight is 267 g/mol. The van der Waals surface area contributed by atoms with Gasteiger partial charge in [-0.25, -0.2) is 0 Å². The molecular formula is C15H25NO3. The summed E-state index contributed by atoms with van der Waals surface area (Å²) in [6, 6.07) is 8.17. The Bertz CT molecular complexity index is 344. The molecule has 0 heterocycles. The lowest BCUT2D eigenvalue weighted by molar-refractivity contribution is 0.135. The van der Waals surface area contributed by atoms with E-state index in [0.717, 1.165) is 38.5 Å². The summed E-state index contributed by atoms with van der Waals surface area (Å²) in [5.41, 5.74) is 1.22. The molecule has 0 bridgehead atoms. The minimum Gasteiger partial charge on any atom is -0.491 e. The fraction of sp³-hybridized carbons (Fsp3) is 0.600. The first kappa shape index (κ1) is 16.0. The third-order valence-electron chi connectivity index (χ3n) is 2.78. The topological polar surface area (TPSA) is 39.7 Å². The van der Waals surface area contributed by atoms with Crippen molar-refractivity contribution in [1.82, 2.24) is 5.32 Å². The van der Waals surface area contributed by atoms with Gasteiger partial charge in [-0.3, -0.25) is 0 Å². The molecule has 0 saturated carbocycles. The van der Waals surface area contributed by atoms with E-state index in [4.69, 9.17) is 14.2 Å². The van der Waals surface area contributed by atoms with Gasteiger partial charge in [-0.1, -0.05) is 12.1 Å². The molecule has 0 aliphatic heterocycles. The Hall–Kier alpha value is -1.10. The van der Waals surface area contributed by atoms with Crippen LogP contribution in [0.15, 0.2) is 24.3 Å². The van der Waals surface area contributed by atoms with Crippen molar-refractivity contribution in [3.8, 4) is 5.75 Å². The summed E-state index contributed by atoms with van der Waals surface area (Å²) in [6.45, 7) is 5.19. The van der Waals surface area contributed by atoms with Gasteiger partial charge in [0.2, 0.25) is 0 Å². The Labute approximate surface area is 116 Å². The van der Waals surface area contributed by atoms with Crippen LogP contribution in [0.3, 0.4) is 0 Å².